The Labute approximate surface area is 94.1 Å². The standard InChI is InChI=1S/C11H15N3O2/c1-14-3-2-12-7-10(14)8-4-9(11(15)16)6-13-5-8/h4-6,10,12H,2-3,7H2,1H3,(H,15,16). The lowest BCUT2D eigenvalue weighted by molar-refractivity contribution is 0.0696. The van der Waals surface area contributed by atoms with Gasteiger partial charge in [-0.1, -0.05) is 0 Å². The highest BCUT2D eigenvalue weighted by Gasteiger charge is 2.21. The number of pyridine rings is 1. The van der Waals surface area contributed by atoms with Gasteiger partial charge >= 0.3 is 5.97 Å². The molecular weight excluding hydrogens is 206 g/mol. The molecule has 5 heteroatoms. The second-order valence-electron chi connectivity index (χ2n) is 4.01. The van der Waals surface area contributed by atoms with Crippen LogP contribution in [0.15, 0.2) is 18.5 Å². The quantitative estimate of drug-likeness (QED) is 0.754. The van der Waals surface area contributed by atoms with E-state index in [1.807, 2.05) is 7.05 Å². The minimum absolute atomic E-state index is 0.209. The molecule has 1 aliphatic rings. The number of nitrogens with zero attached hydrogens (tertiary/aromatic N) is 2. The van der Waals surface area contributed by atoms with Crippen molar-refractivity contribution in [3.8, 4) is 0 Å². The van der Waals surface area contributed by atoms with Crippen molar-refractivity contribution < 1.29 is 9.90 Å². The molecule has 0 aromatic carbocycles. The van der Waals surface area contributed by atoms with E-state index in [1.54, 1.807) is 12.3 Å². The maximum absolute atomic E-state index is 10.8. The molecule has 86 valence electrons. The number of carbonyl (C=O) groups is 1. The number of likely N-dealkylation sites (N-methyl/N-ethyl adjacent to an activating group) is 1. The second-order valence-corrected chi connectivity index (χ2v) is 4.01. The number of aromatic nitrogens is 1. The number of hydrogen-bond donors (Lipinski definition) is 2. The highest BCUT2D eigenvalue weighted by Crippen LogP contribution is 2.20. The first-order valence-electron chi connectivity index (χ1n) is 5.27. The third kappa shape index (κ3) is 2.20. The Hall–Kier alpha value is -1.46. The second kappa shape index (κ2) is 4.59. The van der Waals surface area contributed by atoms with Crippen LogP contribution in [0, 0.1) is 0 Å². The molecule has 0 radical (unpaired) electrons. The van der Waals surface area contributed by atoms with Crippen LogP contribution in [0.4, 0.5) is 0 Å². The van der Waals surface area contributed by atoms with Gasteiger partial charge in [0.2, 0.25) is 0 Å². The smallest absolute Gasteiger partial charge is 0.337 e. The van der Waals surface area contributed by atoms with Gasteiger partial charge in [-0.05, 0) is 18.7 Å². The summed E-state index contributed by atoms with van der Waals surface area (Å²) >= 11 is 0. The molecule has 16 heavy (non-hydrogen) atoms. The Kier molecular flexibility index (Phi) is 3.17. The molecule has 1 aliphatic heterocycles. The normalized spacial score (nSPS) is 21.9. The van der Waals surface area contributed by atoms with Gasteiger partial charge in [-0.25, -0.2) is 4.79 Å². The van der Waals surface area contributed by atoms with Gasteiger partial charge in [-0.3, -0.25) is 9.88 Å². The van der Waals surface area contributed by atoms with Crippen molar-refractivity contribution in [3.63, 3.8) is 0 Å². The molecule has 1 unspecified atom stereocenters. The monoisotopic (exact) mass is 221 g/mol. The third-order valence-electron chi connectivity index (χ3n) is 2.90. The van der Waals surface area contributed by atoms with E-state index in [9.17, 15) is 4.79 Å². The largest absolute Gasteiger partial charge is 0.478 e. The first-order valence-corrected chi connectivity index (χ1v) is 5.27. The van der Waals surface area contributed by atoms with Crippen LogP contribution < -0.4 is 5.32 Å². The maximum Gasteiger partial charge on any atom is 0.337 e. The summed E-state index contributed by atoms with van der Waals surface area (Å²) in [5.74, 6) is -0.930. The number of piperazine rings is 1. The Balaban J connectivity index is 2.25. The molecule has 0 amide bonds. The van der Waals surface area contributed by atoms with Crippen LogP contribution in [0.2, 0.25) is 0 Å². The van der Waals surface area contributed by atoms with Gasteiger partial charge in [-0.15, -0.1) is 0 Å². The molecule has 1 saturated heterocycles. The van der Waals surface area contributed by atoms with Gasteiger partial charge in [0.1, 0.15) is 0 Å². The van der Waals surface area contributed by atoms with Crippen molar-refractivity contribution in [2.75, 3.05) is 26.7 Å². The highest BCUT2D eigenvalue weighted by molar-refractivity contribution is 5.87. The molecule has 1 aromatic heterocycles. The van der Waals surface area contributed by atoms with Gasteiger partial charge in [0.15, 0.2) is 0 Å². The molecule has 0 bridgehead atoms. The van der Waals surface area contributed by atoms with Crippen molar-refractivity contribution in [1.82, 2.24) is 15.2 Å². The predicted molar refractivity (Wildman–Crippen MR) is 59.4 cm³/mol. The molecule has 0 aliphatic carbocycles. The van der Waals surface area contributed by atoms with Crippen LogP contribution in [0.1, 0.15) is 22.0 Å². The Morgan fingerprint density at radius 1 is 1.62 bits per heavy atom. The van der Waals surface area contributed by atoms with Crippen molar-refractivity contribution in [3.05, 3.63) is 29.6 Å². The van der Waals surface area contributed by atoms with E-state index in [0.717, 1.165) is 25.2 Å². The first-order chi connectivity index (χ1) is 7.68. The lowest BCUT2D eigenvalue weighted by Crippen LogP contribution is -2.43. The number of rotatable bonds is 2. The fraction of sp³-hybridized carbons (Fsp3) is 0.455. The SMILES string of the molecule is CN1CCNCC1c1cncc(C(=O)O)c1. The fourth-order valence-electron chi connectivity index (χ4n) is 1.94. The molecule has 1 fully saturated rings. The molecule has 2 rings (SSSR count). The van der Waals surface area contributed by atoms with Crippen LogP contribution in [-0.4, -0.2) is 47.6 Å². The van der Waals surface area contributed by atoms with Crippen molar-refractivity contribution >= 4 is 5.97 Å². The van der Waals surface area contributed by atoms with Gasteiger partial charge in [0, 0.05) is 38.1 Å². The lowest BCUT2D eigenvalue weighted by atomic mass is 10.0. The summed E-state index contributed by atoms with van der Waals surface area (Å²) in [5.41, 5.74) is 1.20. The Morgan fingerprint density at radius 2 is 2.44 bits per heavy atom. The van der Waals surface area contributed by atoms with Crippen molar-refractivity contribution in [1.29, 1.82) is 0 Å². The van der Waals surface area contributed by atoms with E-state index in [2.05, 4.69) is 15.2 Å². The highest BCUT2D eigenvalue weighted by atomic mass is 16.4. The number of carboxylic acid groups (broad SMARTS) is 1. The summed E-state index contributed by atoms with van der Waals surface area (Å²) in [7, 11) is 2.04. The zero-order valence-electron chi connectivity index (χ0n) is 9.18. The summed E-state index contributed by atoms with van der Waals surface area (Å²) in [6.45, 7) is 2.77. The van der Waals surface area contributed by atoms with Crippen LogP contribution in [0.25, 0.3) is 0 Å². The van der Waals surface area contributed by atoms with Crippen LogP contribution >= 0.6 is 0 Å². The summed E-state index contributed by atoms with van der Waals surface area (Å²) in [5, 5.41) is 12.2. The lowest BCUT2D eigenvalue weighted by Gasteiger charge is -2.33. The zero-order chi connectivity index (χ0) is 11.5. The van der Waals surface area contributed by atoms with Crippen LogP contribution in [0.5, 0.6) is 0 Å². The maximum atomic E-state index is 10.8. The van der Waals surface area contributed by atoms with E-state index in [4.69, 9.17) is 5.11 Å². The van der Waals surface area contributed by atoms with Crippen LogP contribution in [0.3, 0.4) is 0 Å². The Bertz CT molecular complexity index is 395. The third-order valence-corrected chi connectivity index (χ3v) is 2.90. The predicted octanol–water partition coefficient (Wildman–Crippen LogP) is 0.356. The molecule has 1 atom stereocenters. The van der Waals surface area contributed by atoms with E-state index < -0.39 is 5.97 Å². The number of nitrogens with one attached hydrogen (secondary N) is 1. The number of aromatic carboxylic acids is 1. The van der Waals surface area contributed by atoms with Crippen molar-refractivity contribution in [2.45, 2.75) is 6.04 Å². The molecule has 5 nitrogen and oxygen atoms in total. The Morgan fingerprint density at radius 3 is 3.12 bits per heavy atom. The molecule has 2 N–H and O–H groups in total. The molecule has 0 saturated carbocycles. The number of hydrogen-bond acceptors (Lipinski definition) is 4. The van der Waals surface area contributed by atoms with Gasteiger partial charge < -0.3 is 10.4 Å². The average molecular weight is 221 g/mol. The van der Waals surface area contributed by atoms with Gasteiger partial charge in [0.25, 0.3) is 0 Å². The van der Waals surface area contributed by atoms with Gasteiger partial charge in [0.05, 0.1) is 5.56 Å². The van der Waals surface area contributed by atoms with Crippen molar-refractivity contribution in [2.24, 2.45) is 0 Å². The zero-order valence-corrected chi connectivity index (χ0v) is 9.18. The fourth-order valence-corrected chi connectivity index (χ4v) is 1.94. The molecule has 1 aromatic rings. The van der Waals surface area contributed by atoms with E-state index in [-0.39, 0.29) is 11.6 Å². The summed E-state index contributed by atoms with van der Waals surface area (Å²) in [4.78, 5) is 17.0. The van der Waals surface area contributed by atoms with E-state index in [0.29, 0.717) is 0 Å². The summed E-state index contributed by atoms with van der Waals surface area (Å²) in [6, 6.07) is 1.91. The topological polar surface area (TPSA) is 65.5 Å². The molecule has 2 heterocycles. The summed E-state index contributed by atoms with van der Waals surface area (Å²) in [6.07, 6.45) is 3.11. The van der Waals surface area contributed by atoms with E-state index >= 15 is 0 Å². The van der Waals surface area contributed by atoms with Gasteiger partial charge in [-0.2, -0.15) is 0 Å². The summed E-state index contributed by atoms with van der Waals surface area (Å²) < 4.78 is 0. The van der Waals surface area contributed by atoms with Crippen LogP contribution in [-0.2, 0) is 0 Å². The molecular formula is C11H15N3O2. The minimum Gasteiger partial charge on any atom is -0.478 e. The first kappa shape index (κ1) is 11.0. The number of carboxylic acids is 1. The minimum atomic E-state index is -0.930. The average Bonchev–Trinajstić information content (AvgIpc) is 2.30. The van der Waals surface area contributed by atoms with E-state index in [1.165, 1.54) is 6.20 Å². The molecule has 0 spiro atoms.